The zero-order chi connectivity index (χ0) is 15.4. The summed E-state index contributed by atoms with van der Waals surface area (Å²) in [6, 6.07) is 1.33. The van der Waals surface area contributed by atoms with Crippen LogP contribution >= 0.6 is 11.6 Å². The molecule has 8 heteroatoms. The quantitative estimate of drug-likeness (QED) is 0.483. The molecular formula is C13H16ClN3O4. The maximum atomic E-state index is 12.4. The Morgan fingerprint density at radius 2 is 2.24 bits per heavy atom. The summed E-state index contributed by atoms with van der Waals surface area (Å²) in [6.07, 6.45) is 3.07. The monoisotopic (exact) mass is 313 g/mol. The fraction of sp³-hybridized carbons (Fsp3) is 0.538. The topological polar surface area (TPSA) is 85.6 Å². The van der Waals surface area contributed by atoms with Gasteiger partial charge in [0.25, 0.3) is 5.91 Å². The number of hydrogen-bond donors (Lipinski definition) is 0. The zero-order valence-electron chi connectivity index (χ0n) is 11.6. The van der Waals surface area contributed by atoms with Crippen LogP contribution in [0.5, 0.6) is 0 Å². The van der Waals surface area contributed by atoms with Crippen LogP contribution in [0.25, 0.3) is 0 Å². The van der Waals surface area contributed by atoms with E-state index in [0.717, 1.165) is 12.8 Å². The van der Waals surface area contributed by atoms with Gasteiger partial charge in [-0.2, -0.15) is 0 Å². The number of rotatable bonds is 4. The van der Waals surface area contributed by atoms with Gasteiger partial charge in [0.15, 0.2) is 0 Å². The average Bonchev–Trinajstić information content (AvgIpc) is 2.46. The van der Waals surface area contributed by atoms with E-state index in [9.17, 15) is 14.9 Å². The summed E-state index contributed by atoms with van der Waals surface area (Å²) in [5, 5.41) is 10.8. The lowest BCUT2D eigenvalue weighted by atomic mass is 9.99. The van der Waals surface area contributed by atoms with Crippen molar-refractivity contribution in [2.75, 3.05) is 26.8 Å². The summed E-state index contributed by atoms with van der Waals surface area (Å²) in [7, 11) is 1.63. The van der Waals surface area contributed by atoms with Crippen LogP contribution in [0.2, 0.25) is 5.15 Å². The maximum absolute atomic E-state index is 12.4. The lowest BCUT2D eigenvalue weighted by Crippen LogP contribution is -2.34. The van der Waals surface area contributed by atoms with Crippen LogP contribution in [-0.2, 0) is 4.74 Å². The summed E-state index contributed by atoms with van der Waals surface area (Å²) in [4.78, 5) is 27.9. The molecule has 1 amide bonds. The van der Waals surface area contributed by atoms with Gasteiger partial charge >= 0.3 is 5.69 Å². The fourth-order valence-corrected chi connectivity index (χ4v) is 2.61. The second-order valence-electron chi connectivity index (χ2n) is 5.00. The molecule has 7 nitrogen and oxygen atoms in total. The minimum absolute atomic E-state index is 0.0328. The first-order valence-electron chi connectivity index (χ1n) is 6.62. The van der Waals surface area contributed by atoms with Crippen molar-refractivity contribution < 1.29 is 14.5 Å². The molecule has 1 aromatic rings. The lowest BCUT2D eigenvalue weighted by molar-refractivity contribution is -0.385. The molecule has 0 aliphatic carbocycles. The molecule has 0 aromatic carbocycles. The molecule has 0 radical (unpaired) electrons. The normalized spacial score (nSPS) is 15.7. The highest BCUT2D eigenvalue weighted by molar-refractivity contribution is 6.32. The summed E-state index contributed by atoms with van der Waals surface area (Å²) in [5.41, 5.74) is -0.474. The number of aromatic nitrogens is 1. The third-order valence-corrected chi connectivity index (χ3v) is 3.79. The molecular weight excluding hydrogens is 298 g/mol. The summed E-state index contributed by atoms with van der Waals surface area (Å²) >= 11 is 5.72. The molecule has 114 valence electrons. The van der Waals surface area contributed by atoms with E-state index in [-0.39, 0.29) is 10.7 Å². The van der Waals surface area contributed by atoms with Crippen LogP contribution in [0.3, 0.4) is 0 Å². The van der Waals surface area contributed by atoms with E-state index in [1.807, 2.05) is 0 Å². The molecule has 2 rings (SSSR count). The molecule has 1 aromatic heterocycles. The van der Waals surface area contributed by atoms with E-state index < -0.39 is 16.5 Å². The third kappa shape index (κ3) is 3.68. The van der Waals surface area contributed by atoms with Crippen LogP contribution in [0.4, 0.5) is 5.69 Å². The minimum Gasteiger partial charge on any atom is -0.381 e. The zero-order valence-corrected chi connectivity index (χ0v) is 12.4. The highest BCUT2D eigenvalue weighted by Gasteiger charge is 2.28. The number of nitrogens with zero attached hydrogens (tertiary/aromatic N) is 3. The summed E-state index contributed by atoms with van der Waals surface area (Å²) in [6.45, 7) is 1.92. The van der Waals surface area contributed by atoms with Gasteiger partial charge in [-0.15, -0.1) is 0 Å². The number of hydrogen-bond acceptors (Lipinski definition) is 5. The molecule has 0 unspecified atom stereocenters. The SMILES string of the molecule is CN(CC1CCOCC1)C(=O)c1ccnc(Cl)c1[N+](=O)[O-]. The first-order chi connectivity index (χ1) is 10.0. The molecule has 0 spiro atoms. The van der Waals surface area contributed by atoms with Gasteiger partial charge in [-0.1, -0.05) is 11.6 Å². The molecule has 1 fully saturated rings. The second-order valence-corrected chi connectivity index (χ2v) is 5.35. The van der Waals surface area contributed by atoms with E-state index in [0.29, 0.717) is 25.7 Å². The Kier molecular flexibility index (Phi) is 5.08. The molecule has 0 atom stereocenters. The molecule has 0 saturated carbocycles. The Morgan fingerprint density at radius 3 is 2.86 bits per heavy atom. The minimum atomic E-state index is -0.676. The number of ether oxygens (including phenoxy) is 1. The first-order valence-corrected chi connectivity index (χ1v) is 7.00. The Balaban J connectivity index is 2.15. The van der Waals surface area contributed by atoms with Gasteiger partial charge in [-0.25, -0.2) is 4.98 Å². The van der Waals surface area contributed by atoms with Crippen molar-refractivity contribution in [3.05, 3.63) is 33.1 Å². The number of halogens is 1. The Bertz CT molecular complexity index is 546. The number of carbonyl (C=O) groups is 1. The standard InChI is InChI=1S/C13H16ClN3O4/c1-16(8-9-3-6-21-7-4-9)13(18)10-2-5-15-12(14)11(10)17(19)20/h2,5,9H,3-4,6-8H2,1H3. The Morgan fingerprint density at radius 1 is 1.57 bits per heavy atom. The Hall–Kier alpha value is -1.73. The highest BCUT2D eigenvalue weighted by atomic mass is 35.5. The van der Waals surface area contributed by atoms with Crippen molar-refractivity contribution in [1.29, 1.82) is 0 Å². The fourth-order valence-electron chi connectivity index (χ4n) is 2.38. The van der Waals surface area contributed by atoms with Crippen LogP contribution in [0.1, 0.15) is 23.2 Å². The largest absolute Gasteiger partial charge is 0.381 e. The number of pyridine rings is 1. The second kappa shape index (κ2) is 6.82. The van der Waals surface area contributed by atoms with Crippen molar-refractivity contribution in [1.82, 2.24) is 9.88 Å². The third-order valence-electron chi connectivity index (χ3n) is 3.51. The van der Waals surface area contributed by atoms with Gasteiger partial charge in [-0.05, 0) is 24.8 Å². The number of amides is 1. The van der Waals surface area contributed by atoms with Crippen molar-refractivity contribution in [2.45, 2.75) is 12.8 Å². The Labute approximate surface area is 127 Å². The van der Waals surface area contributed by atoms with Crippen molar-refractivity contribution >= 4 is 23.2 Å². The predicted octanol–water partition coefficient (Wildman–Crippen LogP) is 2.14. The van der Waals surface area contributed by atoms with E-state index >= 15 is 0 Å². The van der Waals surface area contributed by atoms with E-state index in [1.165, 1.54) is 17.2 Å². The molecule has 0 bridgehead atoms. The van der Waals surface area contributed by atoms with Gasteiger partial charge in [0.05, 0.1) is 4.92 Å². The summed E-state index contributed by atoms with van der Waals surface area (Å²) in [5.74, 6) is -0.0680. The van der Waals surface area contributed by atoms with E-state index in [2.05, 4.69) is 4.98 Å². The smallest absolute Gasteiger partial charge is 0.319 e. The van der Waals surface area contributed by atoms with Gasteiger partial charge in [0.1, 0.15) is 5.56 Å². The summed E-state index contributed by atoms with van der Waals surface area (Å²) < 4.78 is 5.27. The molecule has 2 heterocycles. The van der Waals surface area contributed by atoms with Gasteiger partial charge in [0, 0.05) is 33.0 Å². The van der Waals surface area contributed by atoms with Crippen molar-refractivity contribution in [2.24, 2.45) is 5.92 Å². The predicted molar refractivity (Wildman–Crippen MR) is 76.4 cm³/mol. The van der Waals surface area contributed by atoms with E-state index in [4.69, 9.17) is 16.3 Å². The maximum Gasteiger partial charge on any atom is 0.319 e. The van der Waals surface area contributed by atoms with Crippen molar-refractivity contribution in [3.63, 3.8) is 0 Å². The van der Waals surface area contributed by atoms with Crippen LogP contribution in [0.15, 0.2) is 12.3 Å². The molecule has 1 saturated heterocycles. The average molecular weight is 314 g/mol. The number of carbonyl (C=O) groups excluding carboxylic acids is 1. The van der Waals surface area contributed by atoms with Crippen LogP contribution < -0.4 is 0 Å². The molecule has 1 aliphatic heterocycles. The van der Waals surface area contributed by atoms with Crippen molar-refractivity contribution in [3.8, 4) is 0 Å². The van der Waals surface area contributed by atoms with Gasteiger partial charge < -0.3 is 9.64 Å². The molecule has 21 heavy (non-hydrogen) atoms. The van der Waals surface area contributed by atoms with Crippen LogP contribution in [-0.4, -0.2) is 47.5 Å². The van der Waals surface area contributed by atoms with Gasteiger partial charge in [-0.3, -0.25) is 14.9 Å². The molecule has 1 aliphatic rings. The molecule has 0 N–H and O–H groups in total. The lowest BCUT2D eigenvalue weighted by Gasteiger charge is -2.27. The van der Waals surface area contributed by atoms with Gasteiger partial charge in [0.2, 0.25) is 5.15 Å². The number of nitro groups is 1. The van der Waals surface area contributed by atoms with E-state index in [1.54, 1.807) is 7.05 Å². The van der Waals surface area contributed by atoms with Crippen LogP contribution in [0, 0.1) is 16.0 Å². The highest BCUT2D eigenvalue weighted by Crippen LogP contribution is 2.27. The first kappa shape index (κ1) is 15.7.